The van der Waals surface area contributed by atoms with E-state index in [-0.39, 0.29) is 5.69 Å². The Morgan fingerprint density at radius 3 is 2.44 bits per heavy atom. The number of benzene rings is 2. The number of carbonyl (C=O) groups is 1. The van der Waals surface area contributed by atoms with Crippen molar-refractivity contribution in [1.82, 2.24) is 4.98 Å². The number of pyridine rings is 1. The predicted molar refractivity (Wildman–Crippen MR) is 91.3 cm³/mol. The van der Waals surface area contributed by atoms with Crippen LogP contribution in [0.15, 0.2) is 54.7 Å². The molecule has 3 rings (SSSR count). The summed E-state index contributed by atoms with van der Waals surface area (Å²) in [6.45, 7) is 0. The molecule has 2 N–H and O–H groups in total. The molecule has 7 heteroatoms. The first-order valence-corrected chi connectivity index (χ1v) is 7.54. The van der Waals surface area contributed by atoms with Crippen molar-refractivity contribution >= 4 is 28.9 Å². The van der Waals surface area contributed by atoms with Gasteiger partial charge in [0.2, 0.25) is 5.95 Å². The minimum absolute atomic E-state index is 0.0330. The maximum atomic E-state index is 13.8. The normalized spacial score (nSPS) is 10.5. The van der Waals surface area contributed by atoms with Gasteiger partial charge >= 0.3 is 5.97 Å². The van der Waals surface area contributed by atoms with Crippen LogP contribution in [0.25, 0.3) is 11.1 Å². The molecule has 1 aromatic heterocycles. The van der Waals surface area contributed by atoms with Crippen LogP contribution >= 0.6 is 11.6 Å². The molecule has 1 heterocycles. The van der Waals surface area contributed by atoms with E-state index < -0.39 is 23.3 Å². The zero-order chi connectivity index (χ0) is 18.0. The summed E-state index contributed by atoms with van der Waals surface area (Å²) in [6.07, 6.45) is 1.16. The van der Waals surface area contributed by atoms with Crippen molar-refractivity contribution in [1.29, 1.82) is 0 Å². The summed E-state index contributed by atoms with van der Waals surface area (Å²) in [7, 11) is 0. The highest BCUT2D eigenvalue weighted by Gasteiger charge is 2.19. The third kappa shape index (κ3) is 3.44. The van der Waals surface area contributed by atoms with Crippen molar-refractivity contribution in [3.8, 4) is 11.1 Å². The summed E-state index contributed by atoms with van der Waals surface area (Å²) >= 11 is 6.27. The summed E-state index contributed by atoms with van der Waals surface area (Å²) in [5.74, 6) is -2.93. The van der Waals surface area contributed by atoms with Crippen LogP contribution in [0.3, 0.4) is 0 Å². The number of hydrogen-bond donors (Lipinski definition) is 2. The number of anilines is 2. The molecule has 0 spiro atoms. The molecule has 25 heavy (non-hydrogen) atoms. The molecule has 0 aliphatic heterocycles. The van der Waals surface area contributed by atoms with Crippen LogP contribution in [0.5, 0.6) is 0 Å². The van der Waals surface area contributed by atoms with Gasteiger partial charge in [-0.15, -0.1) is 0 Å². The van der Waals surface area contributed by atoms with E-state index in [1.807, 2.05) is 0 Å². The van der Waals surface area contributed by atoms with Gasteiger partial charge in [-0.1, -0.05) is 29.8 Å². The van der Waals surface area contributed by atoms with Crippen LogP contribution in [0, 0.1) is 11.8 Å². The average molecular weight is 361 g/mol. The number of aromatic nitrogens is 1. The molecule has 0 saturated carbocycles. The Hall–Kier alpha value is -2.99. The molecule has 0 fully saturated rings. The Morgan fingerprint density at radius 2 is 1.76 bits per heavy atom. The molecule has 0 aliphatic carbocycles. The number of carboxylic acids is 1. The molecule has 126 valence electrons. The molecular formula is C18H11ClF2N2O2. The Morgan fingerprint density at radius 1 is 1.04 bits per heavy atom. The van der Waals surface area contributed by atoms with Gasteiger partial charge in [-0.25, -0.2) is 14.2 Å². The average Bonchev–Trinajstić information content (AvgIpc) is 2.56. The van der Waals surface area contributed by atoms with Crippen molar-refractivity contribution in [2.24, 2.45) is 0 Å². The molecule has 3 aromatic rings. The third-order valence-corrected chi connectivity index (χ3v) is 3.85. The van der Waals surface area contributed by atoms with Crippen LogP contribution in [-0.2, 0) is 0 Å². The largest absolute Gasteiger partial charge is 0.477 e. The van der Waals surface area contributed by atoms with Crippen molar-refractivity contribution in [3.63, 3.8) is 0 Å². The van der Waals surface area contributed by atoms with E-state index in [0.29, 0.717) is 21.8 Å². The van der Waals surface area contributed by atoms with Gasteiger partial charge in [0.1, 0.15) is 11.4 Å². The molecule has 0 atom stereocenters. The molecule has 0 saturated heterocycles. The Kier molecular flexibility index (Phi) is 4.63. The standard InChI is InChI=1S/C18H11ClF2N2O2/c19-12-2-1-3-13(15(12)10-4-6-11(20)7-5-10)23-14-8-9-22-17(21)16(14)18(24)25/h1-9H,(H,22,23)(H,24,25). The molecule has 0 amide bonds. The summed E-state index contributed by atoms with van der Waals surface area (Å²) < 4.78 is 26.9. The second-order valence-corrected chi connectivity index (χ2v) is 5.53. The Bertz CT molecular complexity index is 946. The van der Waals surface area contributed by atoms with Crippen molar-refractivity contribution in [2.75, 3.05) is 5.32 Å². The monoisotopic (exact) mass is 360 g/mol. The topological polar surface area (TPSA) is 62.2 Å². The van der Waals surface area contributed by atoms with E-state index in [4.69, 9.17) is 11.6 Å². The lowest BCUT2D eigenvalue weighted by Crippen LogP contribution is -2.07. The van der Waals surface area contributed by atoms with E-state index in [2.05, 4.69) is 10.3 Å². The highest BCUT2D eigenvalue weighted by molar-refractivity contribution is 6.34. The number of halogens is 3. The van der Waals surface area contributed by atoms with Crippen LogP contribution in [0.2, 0.25) is 5.02 Å². The molecule has 0 bridgehead atoms. The minimum Gasteiger partial charge on any atom is -0.477 e. The van der Waals surface area contributed by atoms with E-state index >= 15 is 0 Å². The fraction of sp³-hybridized carbons (Fsp3) is 0. The van der Waals surface area contributed by atoms with Gasteiger partial charge in [0.05, 0.1) is 10.7 Å². The van der Waals surface area contributed by atoms with Crippen molar-refractivity contribution in [3.05, 3.63) is 77.1 Å². The maximum Gasteiger partial charge on any atom is 0.342 e. The lowest BCUT2D eigenvalue weighted by atomic mass is 10.0. The van der Waals surface area contributed by atoms with E-state index in [0.717, 1.165) is 6.20 Å². The first-order valence-electron chi connectivity index (χ1n) is 7.16. The lowest BCUT2D eigenvalue weighted by Gasteiger charge is -2.15. The lowest BCUT2D eigenvalue weighted by molar-refractivity contribution is 0.0692. The van der Waals surface area contributed by atoms with Gasteiger partial charge < -0.3 is 10.4 Å². The fourth-order valence-corrected chi connectivity index (χ4v) is 2.71. The van der Waals surface area contributed by atoms with Crippen LogP contribution in [-0.4, -0.2) is 16.1 Å². The maximum absolute atomic E-state index is 13.8. The minimum atomic E-state index is -1.45. The van der Waals surface area contributed by atoms with Gasteiger partial charge in [0, 0.05) is 17.4 Å². The highest BCUT2D eigenvalue weighted by atomic mass is 35.5. The van der Waals surface area contributed by atoms with Crippen LogP contribution in [0.1, 0.15) is 10.4 Å². The number of nitrogens with one attached hydrogen (secondary N) is 1. The molecule has 4 nitrogen and oxygen atoms in total. The van der Waals surface area contributed by atoms with E-state index in [1.54, 1.807) is 30.3 Å². The third-order valence-electron chi connectivity index (χ3n) is 3.53. The Labute approximate surface area is 146 Å². The summed E-state index contributed by atoms with van der Waals surface area (Å²) in [5, 5.41) is 12.5. The summed E-state index contributed by atoms with van der Waals surface area (Å²) in [5.41, 5.74) is 1.07. The van der Waals surface area contributed by atoms with Crippen LogP contribution in [0.4, 0.5) is 20.2 Å². The molecule has 0 unspecified atom stereocenters. The van der Waals surface area contributed by atoms with Gasteiger partial charge in [0.25, 0.3) is 0 Å². The van der Waals surface area contributed by atoms with Gasteiger partial charge in [-0.3, -0.25) is 0 Å². The first kappa shape index (κ1) is 16.9. The molecule has 0 radical (unpaired) electrons. The number of rotatable bonds is 4. The predicted octanol–water partition coefficient (Wildman–Crippen LogP) is 5.12. The van der Waals surface area contributed by atoms with Gasteiger partial charge in [0.15, 0.2) is 0 Å². The van der Waals surface area contributed by atoms with E-state index in [1.165, 1.54) is 18.2 Å². The van der Waals surface area contributed by atoms with Gasteiger partial charge in [-0.2, -0.15) is 4.39 Å². The number of nitrogens with zero attached hydrogens (tertiary/aromatic N) is 1. The molecular weight excluding hydrogens is 350 g/mol. The van der Waals surface area contributed by atoms with E-state index in [9.17, 15) is 18.7 Å². The zero-order valence-electron chi connectivity index (χ0n) is 12.6. The number of aromatic carboxylic acids is 1. The quantitative estimate of drug-likeness (QED) is 0.634. The smallest absolute Gasteiger partial charge is 0.342 e. The highest BCUT2D eigenvalue weighted by Crippen LogP contribution is 2.37. The van der Waals surface area contributed by atoms with Gasteiger partial charge in [-0.05, 0) is 35.9 Å². The first-order chi connectivity index (χ1) is 12.0. The molecule has 0 aliphatic rings. The van der Waals surface area contributed by atoms with Crippen molar-refractivity contribution < 1.29 is 18.7 Å². The van der Waals surface area contributed by atoms with Crippen molar-refractivity contribution in [2.45, 2.75) is 0 Å². The molecule has 2 aromatic carbocycles. The van der Waals surface area contributed by atoms with Crippen LogP contribution < -0.4 is 5.32 Å². The second kappa shape index (κ2) is 6.86. The summed E-state index contributed by atoms with van der Waals surface area (Å²) in [4.78, 5) is 14.7. The number of carboxylic acid groups (broad SMARTS) is 1. The SMILES string of the molecule is O=C(O)c1c(Nc2cccc(Cl)c2-c2ccc(F)cc2)ccnc1F. The number of hydrogen-bond acceptors (Lipinski definition) is 3. The Balaban J connectivity index is 2.11. The second-order valence-electron chi connectivity index (χ2n) is 5.12. The fourth-order valence-electron chi connectivity index (χ4n) is 2.43. The summed E-state index contributed by atoms with van der Waals surface area (Å²) in [6, 6.07) is 12.0. The zero-order valence-corrected chi connectivity index (χ0v) is 13.4.